The van der Waals surface area contributed by atoms with Crippen LogP contribution in [0.15, 0.2) is 47.6 Å². The molecule has 2 aromatic carbocycles. The summed E-state index contributed by atoms with van der Waals surface area (Å²) in [6.07, 6.45) is 1.38. The zero-order valence-electron chi connectivity index (χ0n) is 11.4. The van der Waals surface area contributed by atoms with Gasteiger partial charge < -0.3 is 10.5 Å². The fraction of sp³-hybridized carbons (Fsp3) is 0.0667. The second kappa shape index (κ2) is 7.16. The SMILES string of the molecule is NC(=O)NN=Cc1ccccc1COc1cc(F)ccc1F. The van der Waals surface area contributed by atoms with E-state index in [0.717, 1.165) is 18.2 Å². The Morgan fingerprint density at radius 1 is 1.27 bits per heavy atom. The minimum absolute atomic E-state index is 0.0130. The molecule has 3 N–H and O–H groups in total. The largest absolute Gasteiger partial charge is 0.486 e. The van der Waals surface area contributed by atoms with E-state index in [2.05, 4.69) is 10.5 Å². The minimum atomic E-state index is -0.785. The Bertz CT molecular complexity index is 705. The Hall–Kier alpha value is -2.96. The number of halogens is 2. The van der Waals surface area contributed by atoms with E-state index in [1.807, 2.05) is 0 Å². The smallest absolute Gasteiger partial charge is 0.332 e. The van der Waals surface area contributed by atoms with E-state index >= 15 is 0 Å². The highest BCUT2D eigenvalue weighted by atomic mass is 19.1. The maximum Gasteiger partial charge on any atom is 0.332 e. The summed E-state index contributed by atoms with van der Waals surface area (Å²) in [5.74, 6) is -1.41. The second-order valence-electron chi connectivity index (χ2n) is 4.30. The number of amides is 2. The van der Waals surface area contributed by atoms with Crippen LogP contribution in [0.3, 0.4) is 0 Å². The van der Waals surface area contributed by atoms with E-state index in [4.69, 9.17) is 10.5 Å². The van der Waals surface area contributed by atoms with E-state index in [0.29, 0.717) is 11.1 Å². The Labute approximate surface area is 125 Å². The average molecular weight is 305 g/mol. The number of hydrogen-bond acceptors (Lipinski definition) is 3. The van der Waals surface area contributed by atoms with Gasteiger partial charge in [0.05, 0.1) is 6.21 Å². The Balaban J connectivity index is 2.11. The maximum atomic E-state index is 13.5. The first-order chi connectivity index (χ1) is 10.6. The standard InChI is InChI=1S/C15H13F2N3O2/c16-12-5-6-13(17)14(7-12)22-9-11-4-2-1-3-10(11)8-19-20-15(18)21/h1-8H,9H2,(H3,18,20,21). The first-order valence-corrected chi connectivity index (χ1v) is 6.30. The molecule has 0 aromatic heterocycles. The zero-order valence-corrected chi connectivity index (χ0v) is 11.4. The molecule has 114 valence electrons. The van der Waals surface area contributed by atoms with Gasteiger partial charge in [-0.15, -0.1) is 0 Å². The van der Waals surface area contributed by atoms with Crippen LogP contribution in [0.25, 0.3) is 0 Å². The number of hydrazone groups is 1. The number of primary amides is 1. The summed E-state index contributed by atoms with van der Waals surface area (Å²) in [5, 5.41) is 3.65. The van der Waals surface area contributed by atoms with Crippen molar-refractivity contribution < 1.29 is 18.3 Å². The lowest BCUT2D eigenvalue weighted by atomic mass is 10.1. The van der Waals surface area contributed by atoms with Crippen molar-refractivity contribution in [1.82, 2.24) is 5.43 Å². The summed E-state index contributed by atoms with van der Waals surface area (Å²) >= 11 is 0. The molecule has 0 fully saturated rings. The molecule has 0 aliphatic rings. The molecular formula is C15H13F2N3O2. The van der Waals surface area contributed by atoms with E-state index in [9.17, 15) is 13.6 Å². The summed E-state index contributed by atoms with van der Waals surface area (Å²) in [6, 6.07) is 9.19. The Morgan fingerprint density at radius 3 is 2.82 bits per heavy atom. The van der Waals surface area contributed by atoms with Crippen molar-refractivity contribution >= 4 is 12.2 Å². The molecule has 0 saturated heterocycles. The molecule has 0 unspecified atom stereocenters. The summed E-state index contributed by atoms with van der Waals surface area (Å²) in [4.78, 5) is 10.6. The van der Waals surface area contributed by atoms with Crippen LogP contribution in [0.1, 0.15) is 11.1 Å². The van der Waals surface area contributed by atoms with Crippen LogP contribution in [0.5, 0.6) is 5.75 Å². The molecule has 0 aliphatic heterocycles. The molecule has 7 heteroatoms. The van der Waals surface area contributed by atoms with Crippen molar-refractivity contribution in [2.75, 3.05) is 0 Å². The van der Waals surface area contributed by atoms with Crippen molar-refractivity contribution in [1.29, 1.82) is 0 Å². The zero-order chi connectivity index (χ0) is 15.9. The van der Waals surface area contributed by atoms with Crippen molar-refractivity contribution in [2.24, 2.45) is 10.8 Å². The van der Waals surface area contributed by atoms with Crippen LogP contribution in [-0.2, 0) is 6.61 Å². The highest BCUT2D eigenvalue weighted by Crippen LogP contribution is 2.20. The molecule has 5 nitrogen and oxygen atoms in total. The Kier molecular flexibility index (Phi) is 5.02. The molecule has 2 amide bonds. The number of carbonyl (C=O) groups is 1. The topological polar surface area (TPSA) is 76.7 Å². The van der Waals surface area contributed by atoms with Gasteiger partial charge in [0.1, 0.15) is 12.4 Å². The molecule has 0 heterocycles. The highest BCUT2D eigenvalue weighted by Gasteiger charge is 2.07. The third-order valence-electron chi connectivity index (χ3n) is 2.71. The molecule has 0 bridgehead atoms. The van der Waals surface area contributed by atoms with Crippen molar-refractivity contribution in [2.45, 2.75) is 6.61 Å². The van der Waals surface area contributed by atoms with Gasteiger partial charge in [-0.05, 0) is 17.7 Å². The number of nitrogens with one attached hydrogen (secondary N) is 1. The van der Waals surface area contributed by atoms with Crippen molar-refractivity contribution in [3.05, 3.63) is 65.2 Å². The van der Waals surface area contributed by atoms with Gasteiger partial charge in [0.2, 0.25) is 0 Å². The molecular weight excluding hydrogens is 292 g/mol. The molecule has 0 saturated carbocycles. The quantitative estimate of drug-likeness (QED) is 0.658. The third kappa shape index (κ3) is 4.27. The molecule has 0 spiro atoms. The van der Waals surface area contributed by atoms with Crippen LogP contribution in [0.4, 0.5) is 13.6 Å². The number of rotatable bonds is 5. The molecule has 0 aliphatic carbocycles. The normalized spacial score (nSPS) is 10.6. The second-order valence-corrected chi connectivity index (χ2v) is 4.30. The summed E-state index contributed by atoms with van der Waals surface area (Å²) in [6.45, 7) is 0.0130. The van der Waals surface area contributed by atoms with Crippen LogP contribution in [0.2, 0.25) is 0 Å². The predicted molar refractivity (Wildman–Crippen MR) is 77.4 cm³/mol. The van der Waals surface area contributed by atoms with Crippen LogP contribution in [-0.4, -0.2) is 12.2 Å². The lowest BCUT2D eigenvalue weighted by Gasteiger charge is -2.09. The van der Waals surface area contributed by atoms with E-state index in [1.165, 1.54) is 6.21 Å². The van der Waals surface area contributed by atoms with E-state index < -0.39 is 17.7 Å². The van der Waals surface area contributed by atoms with Gasteiger partial charge in [0.15, 0.2) is 11.6 Å². The van der Waals surface area contributed by atoms with Crippen molar-refractivity contribution in [3.63, 3.8) is 0 Å². The average Bonchev–Trinajstić information content (AvgIpc) is 2.49. The van der Waals surface area contributed by atoms with E-state index in [1.54, 1.807) is 24.3 Å². The number of nitrogens with two attached hydrogens (primary N) is 1. The molecule has 0 atom stereocenters. The maximum absolute atomic E-state index is 13.5. The fourth-order valence-corrected chi connectivity index (χ4v) is 1.70. The molecule has 22 heavy (non-hydrogen) atoms. The van der Waals surface area contributed by atoms with Gasteiger partial charge in [0.25, 0.3) is 0 Å². The van der Waals surface area contributed by atoms with Gasteiger partial charge in [-0.3, -0.25) is 0 Å². The van der Waals surface area contributed by atoms with Crippen molar-refractivity contribution in [3.8, 4) is 5.75 Å². The highest BCUT2D eigenvalue weighted by molar-refractivity contribution is 5.83. The number of ether oxygens (including phenoxy) is 1. The summed E-state index contributed by atoms with van der Waals surface area (Å²) in [7, 11) is 0. The van der Waals surface area contributed by atoms with Crippen LogP contribution >= 0.6 is 0 Å². The third-order valence-corrected chi connectivity index (χ3v) is 2.71. The summed E-state index contributed by atoms with van der Waals surface area (Å²) < 4.78 is 31.8. The molecule has 2 aromatic rings. The molecule has 2 rings (SSSR count). The van der Waals surface area contributed by atoms with E-state index in [-0.39, 0.29) is 12.4 Å². The lowest BCUT2D eigenvalue weighted by molar-refractivity contribution is 0.249. The van der Waals surface area contributed by atoms with Gasteiger partial charge in [-0.1, -0.05) is 24.3 Å². The van der Waals surface area contributed by atoms with Gasteiger partial charge in [0, 0.05) is 11.6 Å². The molecule has 0 radical (unpaired) electrons. The minimum Gasteiger partial charge on any atom is -0.486 e. The lowest BCUT2D eigenvalue weighted by Crippen LogP contribution is -2.24. The van der Waals surface area contributed by atoms with Crippen LogP contribution in [0, 0.1) is 11.6 Å². The first-order valence-electron chi connectivity index (χ1n) is 6.30. The fourth-order valence-electron chi connectivity index (χ4n) is 1.70. The monoisotopic (exact) mass is 305 g/mol. The predicted octanol–water partition coefficient (Wildman–Crippen LogP) is 2.55. The first kappa shape index (κ1) is 15.4. The number of benzene rings is 2. The number of urea groups is 1. The number of nitrogens with zero attached hydrogens (tertiary/aromatic N) is 1. The van der Waals surface area contributed by atoms with Crippen LogP contribution < -0.4 is 15.9 Å². The number of carbonyl (C=O) groups excluding carboxylic acids is 1. The Morgan fingerprint density at radius 2 is 2.05 bits per heavy atom. The van der Waals surface area contributed by atoms with Gasteiger partial charge >= 0.3 is 6.03 Å². The van der Waals surface area contributed by atoms with Gasteiger partial charge in [-0.2, -0.15) is 5.10 Å². The van der Waals surface area contributed by atoms with Gasteiger partial charge in [-0.25, -0.2) is 19.0 Å². The summed E-state index contributed by atoms with van der Waals surface area (Å²) in [5.41, 5.74) is 8.29. The number of hydrogen-bond donors (Lipinski definition) is 2.